The number of anilines is 2. The Bertz CT molecular complexity index is 706. The van der Waals surface area contributed by atoms with Gasteiger partial charge in [0.2, 0.25) is 0 Å². The molecule has 0 radical (unpaired) electrons. The van der Waals surface area contributed by atoms with Crippen molar-refractivity contribution in [3.63, 3.8) is 0 Å². The van der Waals surface area contributed by atoms with Crippen molar-refractivity contribution in [1.82, 2.24) is 4.98 Å². The average molecular weight is 369 g/mol. The van der Waals surface area contributed by atoms with Crippen LogP contribution in [-0.4, -0.2) is 16.8 Å². The molecule has 2 aromatic rings. The number of ketones is 1. The summed E-state index contributed by atoms with van der Waals surface area (Å²) in [7, 11) is 0. The van der Waals surface area contributed by atoms with Gasteiger partial charge in [-0.25, -0.2) is 9.78 Å². The van der Waals surface area contributed by atoms with Crippen molar-refractivity contribution in [2.24, 2.45) is 0 Å². The van der Waals surface area contributed by atoms with Crippen LogP contribution >= 0.6 is 27.5 Å². The molecule has 7 heteroatoms. The number of hydrogen-bond acceptors (Lipinski definition) is 3. The van der Waals surface area contributed by atoms with Crippen LogP contribution in [0.2, 0.25) is 5.15 Å². The van der Waals surface area contributed by atoms with Crippen LogP contribution in [-0.2, 0) is 0 Å². The summed E-state index contributed by atoms with van der Waals surface area (Å²) in [5.41, 5.74) is 1.55. The molecule has 0 saturated heterocycles. The van der Waals surface area contributed by atoms with E-state index in [-0.39, 0.29) is 5.78 Å². The number of hydrogen-bond donors (Lipinski definition) is 2. The summed E-state index contributed by atoms with van der Waals surface area (Å²) in [6.45, 7) is 1.47. The van der Waals surface area contributed by atoms with Crippen LogP contribution in [0.15, 0.2) is 41.0 Å². The van der Waals surface area contributed by atoms with E-state index in [4.69, 9.17) is 11.6 Å². The van der Waals surface area contributed by atoms with E-state index in [2.05, 4.69) is 31.5 Å². The van der Waals surface area contributed by atoms with Gasteiger partial charge in [-0.15, -0.1) is 0 Å². The van der Waals surface area contributed by atoms with Gasteiger partial charge in [0, 0.05) is 11.3 Å². The predicted molar refractivity (Wildman–Crippen MR) is 86.0 cm³/mol. The molecule has 1 heterocycles. The van der Waals surface area contributed by atoms with E-state index in [1.807, 2.05) is 0 Å². The van der Waals surface area contributed by atoms with Crippen LogP contribution in [0.1, 0.15) is 17.3 Å². The Balaban J connectivity index is 2.06. The average Bonchev–Trinajstić information content (AvgIpc) is 2.43. The first-order valence-corrected chi connectivity index (χ1v) is 7.13. The highest BCUT2D eigenvalue weighted by molar-refractivity contribution is 9.10. The number of benzene rings is 1. The summed E-state index contributed by atoms with van der Waals surface area (Å²) in [5.74, 6) is -0.0649. The molecule has 0 aliphatic carbocycles. The molecular formula is C14H11BrClN3O2. The fourth-order valence-electron chi connectivity index (χ4n) is 1.60. The first kappa shape index (κ1) is 15.5. The predicted octanol–water partition coefficient (Wildman–Crippen LogP) is 4.34. The molecule has 2 rings (SSSR count). The number of pyridine rings is 1. The summed E-state index contributed by atoms with van der Waals surface area (Å²) in [6.07, 6.45) is 1.44. The topological polar surface area (TPSA) is 71.1 Å². The van der Waals surface area contributed by atoms with Crippen molar-refractivity contribution in [2.75, 3.05) is 10.6 Å². The lowest BCUT2D eigenvalue weighted by Crippen LogP contribution is -2.19. The number of rotatable bonds is 3. The molecule has 0 atom stereocenters. The van der Waals surface area contributed by atoms with Gasteiger partial charge < -0.3 is 10.6 Å². The number of carbonyl (C=O) groups excluding carboxylic acids is 2. The number of aromatic nitrogens is 1. The number of nitrogens with zero attached hydrogens (tertiary/aromatic N) is 1. The highest BCUT2D eigenvalue weighted by atomic mass is 79.9. The van der Waals surface area contributed by atoms with Crippen molar-refractivity contribution in [2.45, 2.75) is 6.92 Å². The maximum absolute atomic E-state index is 11.9. The molecular weight excluding hydrogens is 358 g/mol. The van der Waals surface area contributed by atoms with E-state index in [0.717, 1.165) is 0 Å². The molecule has 0 saturated carbocycles. The molecule has 1 aromatic carbocycles. The Morgan fingerprint density at radius 3 is 2.57 bits per heavy atom. The fraction of sp³-hybridized carbons (Fsp3) is 0.0714. The molecule has 0 aliphatic heterocycles. The van der Waals surface area contributed by atoms with Gasteiger partial charge in [-0.1, -0.05) is 23.7 Å². The van der Waals surface area contributed by atoms with E-state index in [0.29, 0.717) is 26.6 Å². The van der Waals surface area contributed by atoms with Crippen molar-refractivity contribution < 1.29 is 9.59 Å². The number of halogens is 2. The van der Waals surface area contributed by atoms with E-state index < -0.39 is 6.03 Å². The molecule has 0 unspecified atom stereocenters. The molecule has 2 N–H and O–H groups in total. The highest BCUT2D eigenvalue weighted by Crippen LogP contribution is 2.23. The molecule has 0 bridgehead atoms. The van der Waals surface area contributed by atoms with E-state index >= 15 is 0 Å². The molecule has 108 valence electrons. The zero-order valence-corrected chi connectivity index (χ0v) is 13.3. The highest BCUT2D eigenvalue weighted by Gasteiger charge is 2.07. The summed E-state index contributed by atoms with van der Waals surface area (Å²) in [6, 6.07) is 7.89. The van der Waals surface area contributed by atoms with Crippen molar-refractivity contribution in [3.8, 4) is 0 Å². The lowest BCUT2D eigenvalue weighted by molar-refractivity contribution is 0.101. The number of urea groups is 1. The normalized spacial score (nSPS) is 10.0. The van der Waals surface area contributed by atoms with Crippen molar-refractivity contribution in [1.29, 1.82) is 0 Å². The smallest absolute Gasteiger partial charge is 0.308 e. The molecule has 21 heavy (non-hydrogen) atoms. The molecule has 0 fully saturated rings. The zero-order chi connectivity index (χ0) is 15.4. The first-order valence-electron chi connectivity index (χ1n) is 5.96. The zero-order valence-electron chi connectivity index (χ0n) is 11.0. The van der Waals surface area contributed by atoms with Gasteiger partial charge in [-0.2, -0.15) is 0 Å². The van der Waals surface area contributed by atoms with Gasteiger partial charge in [0.05, 0.1) is 16.4 Å². The van der Waals surface area contributed by atoms with E-state index in [1.54, 1.807) is 30.3 Å². The molecule has 1 aromatic heterocycles. The van der Waals surface area contributed by atoms with Crippen LogP contribution in [0.25, 0.3) is 0 Å². The number of Topliss-reactive ketones (excluding diaryl/α,β-unsaturated/α-hetero) is 1. The van der Waals surface area contributed by atoms with Crippen molar-refractivity contribution >= 4 is 50.7 Å². The fourth-order valence-corrected chi connectivity index (χ4v) is 2.05. The first-order chi connectivity index (χ1) is 9.95. The molecule has 0 aliphatic rings. The minimum absolute atomic E-state index is 0.0649. The van der Waals surface area contributed by atoms with Gasteiger partial charge in [0.15, 0.2) is 5.78 Å². The van der Waals surface area contributed by atoms with Crippen LogP contribution in [0.4, 0.5) is 16.2 Å². The van der Waals surface area contributed by atoms with Crippen molar-refractivity contribution in [3.05, 3.63) is 51.7 Å². The molecule has 0 spiro atoms. The maximum Gasteiger partial charge on any atom is 0.323 e. The van der Waals surface area contributed by atoms with Gasteiger partial charge in [-0.3, -0.25) is 4.79 Å². The van der Waals surface area contributed by atoms with Gasteiger partial charge in [0.25, 0.3) is 0 Å². The van der Waals surface area contributed by atoms with Crippen LogP contribution in [0.5, 0.6) is 0 Å². The lowest BCUT2D eigenvalue weighted by Gasteiger charge is -2.08. The Hall–Kier alpha value is -1.92. The van der Waals surface area contributed by atoms with E-state index in [1.165, 1.54) is 13.1 Å². The summed E-state index contributed by atoms with van der Waals surface area (Å²) >= 11 is 9.00. The molecule has 5 nitrogen and oxygen atoms in total. The second kappa shape index (κ2) is 6.69. The Morgan fingerprint density at radius 2 is 1.90 bits per heavy atom. The lowest BCUT2D eigenvalue weighted by atomic mass is 10.1. The minimum atomic E-state index is -0.438. The summed E-state index contributed by atoms with van der Waals surface area (Å²) in [4.78, 5) is 27.1. The van der Waals surface area contributed by atoms with Gasteiger partial charge in [-0.05, 0) is 41.1 Å². The number of nitrogens with one attached hydrogen (secondary N) is 2. The number of amides is 2. The monoisotopic (exact) mass is 367 g/mol. The third-order valence-corrected chi connectivity index (χ3v) is 3.72. The van der Waals surface area contributed by atoms with Crippen LogP contribution in [0.3, 0.4) is 0 Å². The third-order valence-electron chi connectivity index (χ3n) is 2.58. The standard InChI is InChI=1S/C14H11BrClN3O2/c1-8(20)9-3-2-4-10(5-9)18-14(21)19-11-6-12(15)13(16)17-7-11/h2-7H,1H3,(H2,18,19,21). The van der Waals surface area contributed by atoms with Crippen LogP contribution in [0, 0.1) is 0 Å². The second-order valence-electron chi connectivity index (χ2n) is 4.21. The second-order valence-corrected chi connectivity index (χ2v) is 5.43. The maximum atomic E-state index is 11.9. The SMILES string of the molecule is CC(=O)c1cccc(NC(=O)Nc2cnc(Cl)c(Br)c2)c1. The summed E-state index contributed by atoms with van der Waals surface area (Å²) in [5, 5.41) is 5.58. The van der Waals surface area contributed by atoms with Crippen LogP contribution < -0.4 is 10.6 Å². The van der Waals surface area contributed by atoms with Gasteiger partial charge in [0.1, 0.15) is 5.15 Å². The minimum Gasteiger partial charge on any atom is -0.308 e. The quantitative estimate of drug-likeness (QED) is 0.625. The Morgan fingerprint density at radius 1 is 1.19 bits per heavy atom. The largest absolute Gasteiger partial charge is 0.323 e. The summed E-state index contributed by atoms with van der Waals surface area (Å²) < 4.78 is 0.584. The van der Waals surface area contributed by atoms with E-state index in [9.17, 15) is 9.59 Å². The third kappa shape index (κ3) is 4.27. The Labute approximate surface area is 134 Å². The van der Waals surface area contributed by atoms with Gasteiger partial charge >= 0.3 is 6.03 Å². The molecule has 2 amide bonds. The number of carbonyl (C=O) groups is 2. The Kier molecular flexibility index (Phi) is 4.93.